The molecule has 3 aromatic rings. The van der Waals surface area contributed by atoms with Crippen molar-refractivity contribution in [2.75, 3.05) is 24.6 Å². The quantitative estimate of drug-likeness (QED) is 0.416. The normalized spacial score (nSPS) is 13.7. The van der Waals surface area contributed by atoms with Crippen LogP contribution in [0.15, 0.2) is 48.7 Å². The molecule has 0 spiro atoms. The van der Waals surface area contributed by atoms with Gasteiger partial charge in [-0.05, 0) is 53.9 Å². The molecule has 1 aliphatic heterocycles. The minimum Gasteiger partial charge on any atom is -0.393 e. The van der Waals surface area contributed by atoms with Crippen molar-refractivity contribution in [2.24, 2.45) is 0 Å². The summed E-state index contributed by atoms with van der Waals surface area (Å²) in [5.41, 5.74) is 3.65. The van der Waals surface area contributed by atoms with Crippen molar-refractivity contribution in [3.05, 3.63) is 88.5 Å². The van der Waals surface area contributed by atoms with Crippen molar-refractivity contribution in [1.82, 2.24) is 10.3 Å². The van der Waals surface area contributed by atoms with E-state index in [0.717, 1.165) is 29.1 Å². The highest BCUT2D eigenvalue weighted by atomic mass is 19.2. The number of nitrogens with zero attached hydrogens (tertiary/aromatic N) is 2. The minimum atomic E-state index is -1.53. The van der Waals surface area contributed by atoms with E-state index in [1.165, 1.54) is 0 Å². The Bertz CT molecular complexity index is 1170. The minimum absolute atomic E-state index is 0.111. The van der Waals surface area contributed by atoms with Crippen LogP contribution in [0.4, 0.5) is 28.9 Å². The highest BCUT2D eigenvalue weighted by molar-refractivity contribution is 5.98. The van der Waals surface area contributed by atoms with Gasteiger partial charge in [0.25, 0.3) is 5.91 Å². The molecule has 0 saturated heterocycles. The molecule has 1 atom stereocenters. The molecule has 0 bridgehead atoms. The Morgan fingerprint density at radius 1 is 1.15 bits per heavy atom. The number of aliphatic hydroxyl groups is 1. The molecule has 2 N–H and O–H groups in total. The third kappa shape index (κ3) is 4.83. The number of fused-ring (bicyclic) bond motifs is 1. The van der Waals surface area contributed by atoms with Crippen molar-refractivity contribution in [2.45, 2.75) is 19.0 Å². The van der Waals surface area contributed by atoms with Crippen LogP contribution in [0.1, 0.15) is 27.2 Å². The average Bonchev–Trinajstić information content (AvgIpc) is 3.25. The second-order valence-corrected chi connectivity index (χ2v) is 7.75. The number of aliphatic hydroxyl groups excluding tert-OH is 1. The number of anilines is 2. The zero-order valence-corrected chi connectivity index (χ0v) is 17.5. The number of carbonyl (C=O) groups excluding carboxylic acids is 1. The van der Waals surface area contributed by atoms with E-state index in [2.05, 4.69) is 10.3 Å². The van der Waals surface area contributed by atoms with Crippen LogP contribution >= 0.6 is 0 Å². The maximum atomic E-state index is 13.5. The van der Waals surface area contributed by atoms with Crippen LogP contribution in [0.2, 0.25) is 0 Å². The summed E-state index contributed by atoms with van der Waals surface area (Å²) in [5.74, 6) is -4.43. The van der Waals surface area contributed by atoms with Crippen molar-refractivity contribution >= 4 is 17.3 Å². The van der Waals surface area contributed by atoms with Gasteiger partial charge in [0.1, 0.15) is 6.17 Å². The smallest absolute Gasteiger partial charge is 0.251 e. The number of benzene rings is 2. The van der Waals surface area contributed by atoms with E-state index in [0.29, 0.717) is 24.2 Å². The topological polar surface area (TPSA) is 65.5 Å². The van der Waals surface area contributed by atoms with E-state index >= 15 is 0 Å². The molecule has 9 heteroatoms. The summed E-state index contributed by atoms with van der Waals surface area (Å²) in [6, 6.07) is 10.7. The first-order chi connectivity index (χ1) is 15.9. The van der Waals surface area contributed by atoms with Gasteiger partial charge in [-0.1, -0.05) is 6.07 Å². The molecule has 172 valence electrons. The Morgan fingerprint density at radius 3 is 2.64 bits per heavy atom. The van der Waals surface area contributed by atoms with Gasteiger partial charge in [0.2, 0.25) is 0 Å². The first-order valence-electron chi connectivity index (χ1n) is 10.4. The summed E-state index contributed by atoms with van der Waals surface area (Å²) in [6.07, 6.45) is 0.747. The second-order valence-electron chi connectivity index (χ2n) is 7.75. The SMILES string of the molecule is O=C(NC[C@@H](F)CO)c1cccc2c1CCN2c1ccnc(Cc2cc(F)c(F)c(F)c2)c1. The molecule has 0 aliphatic carbocycles. The number of pyridine rings is 1. The summed E-state index contributed by atoms with van der Waals surface area (Å²) in [5, 5.41) is 11.3. The number of hydrogen-bond donors (Lipinski definition) is 2. The van der Waals surface area contributed by atoms with Crippen molar-refractivity contribution in [3.63, 3.8) is 0 Å². The molecule has 33 heavy (non-hydrogen) atoms. The summed E-state index contributed by atoms with van der Waals surface area (Å²) in [7, 11) is 0. The first kappa shape index (κ1) is 22.7. The van der Waals surface area contributed by atoms with E-state index in [1.54, 1.807) is 30.5 Å². The van der Waals surface area contributed by atoms with Gasteiger partial charge in [0.15, 0.2) is 17.5 Å². The van der Waals surface area contributed by atoms with Crippen LogP contribution in [-0.4, -0.2) is 41.9 Å². The molecular formula is C24H21F4N3O2. The molecule has 5 nitrogen and oxygen atoms in total. The number of rotatable bonds is 7. The fourth-order valence-electron chi connectivity index (χ4n) is 3.93. The molecule has 0 unspecified atom stereocenters. The van der Waals surface area contributed by atoms with E-state index in [9.17, 15) is 22.4 Å². The Kier molecular flexibility index (Phi) is 6.60. The highest BCUT2D eigenvalue weighted by Crippen LogP contribution is 2.36. The van der Waals surface area contributed by atoms with Gasteiger partial charge in [-0.2, -0.15) is 0 Å². The van der Waals surface area contributed by atoms with Crippen LogP contribution in [0, 0.1) is 17.5 Å². The number of nitrogens with one attached hydrogen (secondary N) is 1. The lowest BCUT2D eigenvalue weighted by molar-refractivity contribution is 0.0927. The predicted molar refractivity (Wildman–Crippen MR) is 115 cm³/mol. The van der Waals surface area contributed by atoms with Gasteiger partial charge in [0, 0.05) is 41.8 Å². The Balaban J connectivity index is 1.56. The number of aromatic nitrogens is 1. The summed E-state index contributed by atoms with van der Waals surface area (Å²) in [4.78, 5) is 18.8. The van der Waals surface area contributed by atoms with Crippen molar-refractivity contribution in [3.8, 4) is 0 Å². The zero-order valence-electron chi connectivity index (χ0n) is 17.5. The molecule has 1 aromatic heterocycles. The Hall–Kier alpha value is -3.46. The Morgan fingerprint density at radius 2 is 1.91 bits per heavy atom. The standard InChI is InChI=1S/C24H21F4N3O2/c25-15(13-32)12-30-24(33)19-2-1-3-22-18(19)5-7-31(22)17-4-6-29-16(11-17)8-14-9-20(26)23(28)21(27)10-14/h1-4,6,9-11,15,32H,5,7-8,12-13H2,(H,30,33)/t15-/m1/s1. The largest absolute Gasteiger partial charge is 0.393 e. The van der Waals surface area contributed by atoms with Crippen molar-refractivity contribution < 1.29 is 27.5 Å². The third-order valence-electron chi connectivity index (χ3n) is 5.50. The molecule has 0 fully saturated rings. The highest BCUT2D eigenvalue weighted by Gasteiger charge is 2.26. The lowest BCUT2D eigenvalue weighted by Crippen LogP contribution is -2.32. The number of alkyl halides is 1. The van der Waals surface area contributed by atoms with Crippen LogP contribution < -0.4 is 10.2 Å². The number of hydrogen-bond acceptors (Lipinski definition) is 4. The number of amides is 1. The summed E-state index contributed by atoms with van der Waals surface area (Å²) in [6.45, 7) is -0.352. The van der Waals surface area contributed by atoms with Gasteiger partial charge in [-0.3, -0.25) is 9.78 Å². The average molecular weight is 459 g/mol. The van der Waals surface area contributed by atoms with Gasteiger partial charge >= 0.3 is 0 Å². The summed E-state index contributed by atoms with van der Waals surface area (Å²) >= 11 is 0. The monoisotopic (exact) mass is 459 g/mol. The molecule has 0 radical (unpaired) electrons. The van der Waals surface area contributed by atoms with E-state index in [4.69, 9.17) is 5.11 Å². The lowest BCUT2D eigenvalue weighted by atomic mass is 10.0. The summed E-state index contributed by atoms with van der Waals surface area (Å²) < 4.78 is 53.6. The first-order valence-corrected chi connectivity index (χ1v) is 10.4. The van der Waals surface area contributed by atoms with Gasteiger partial charge in [-0.15, -0.1) is 0 Å². The van der Waals surface area contributed by atoms with Gasteiger partial charge < -0.3 is 15.3 Å². The molecule has 0 saturated carbocycles. The molecule has 1 amide bonds. The fourth-order valence-corrected chi connectivity index (χ4v) is 3.93. The molecule has 1 aliphatic rings. The van der Waals surface area contributed by atoms with E-state index < -0.39 is 36.1 Å². The van der Waals surface area contributed by atoms with E-state index in [-0.39, 0.29) is 18.5 Å². The van der Waals surface area contributed by atoms with Crippen LogP contribution in [0.3, 0.4) is 0 Å². The van der Waals surface area contributed by atoms with Crippen LogP contribution in [0.25, 0.3) is 0 Å². The third-order valence-corrected chi connectivity index (χ3v) is 5.50. The molecular weight excluding hydrogens is 438 g/mol. The van der Waals surface area contributed by atoms with Crippen LogP contribution in [-0.2, 0) is 12.8 Å². The predicted octanol–water partition coefficient (Wildman–Crippen LogP) is 3.84. The number of carbonyl (C=O) groups is 1. The fraction of sp³-hybridized carbons (Fsp3) is 0.250. The van der Waals surface area contributed by atoms with Gasteiger partial charge in [-0.25, -0.2) is 17.6 Å². The van der Waals surface area contributed by atoms with E-state index in [1.807, 2.05) is 11.0 Å². The van der Waals surface area contributed by atoms with Gasteiger partial charge in [0.05, 0.1) is 13.2 Å². The second kappa shape index (κ2) is 9.58. The molecule has 2 heterocycles. The Labute approximate surface area is 187 Å². The molecule has 2 aromatic carbocycles. The zero-order chi connectivity index (χ0) is 23.5. The maximum Gasteiger partial charge on any atom is 0.251 e. The molecule has 4 rings (SSSR count). The van der Waals surface area contributed by atoms with Crippen molar-refractivity contribution in [1.29, 1.82) is 0 Å². The van der Waals surface area contributed by atoms with Crippen LogP contribution in [0.5, 0.6) is 0 Å². The number of halogens is 4. The lowest BCUT2D eigenvalue weighted by Gasteiger charge is -2.20. The maximum absolute atomic E-state index is 13.5.